The van der Waals surface area contributed by atoms with Gasteiger partial charge in [0, 0.05) is 37.9 Å². The second kappa shape index (κ2) is 8.41. The maximum atomic E-state index is 5.06. The lowest BCUT2D eigenvalue weighted by molar-refractivity contribution is 0.240. The number of piperazine rings is 1. The van der Waals surface area contributed by atoms with E-state index in [1.165, 1.54) is 11.1 Å². The van der Waals surface area contributed by atoms with E-state index in [9.17, 15) is 0 Å². The summed E-state index contributed by atoms with van der Waals surface area (Å²) in [4.78, 5) is 6.10. The number of hydrogen-bond donors (Lipinski definition) is 1. The second-order valence-electron chi connectivity index (χ2n) is 5.34. The third-order valence-electron chi connectivity index (χ3n) is 3.76. The summed E-state index contributed by atoms with van der Waals surface area (Å²) in [5.74, 6) is 0. The van der Waals surface area contributed by atoms with Crippen molar-refractivity contribution in [3.63, 3.8) is 0 Å². The van der Waals surface area contributed by atoms with Gasteiger partial charge in [-0.15, -0.1) is 0 Å². The largest absolute Gasteiger partial charge is 0.308 e. The second-order valence-corrected chi connectivity index (χ2v) is 5.34. The first-order valence-electron chi connectivity index (χ1n) is 7.45. The third kappa shape index (κ3) is 4.86. The highest BCUT2D eigenvalue weighted by Gasteiger charge is 2.19. The molecule has 0 spiro atoms. The highest BCUT2D eigenvalue weighted by molar-refractivity contribution is 5.71. The minimum Gasteiger partial charge on any atom is -0.308 e. The summed E-state index contributed by atoms with van der Waals surface area (Å²) in [5.41, 5.74) is 2.85. The Hall–Kier alpha value is -1.89. The molecule has 3 heteroatoms. The van der Waals surface area contributed by atoms with Gasteiger partial charge in [-0.1, -0.05) is 36.8 Å². The van der Waals surface area contributed by atoms with E-state index in [4.69, 9.17) is 6.42 Å². The van der Waals surface area contributed by atoms with Gasteiger partial charge in [0.1, 0.15) is 0 Å². The van der Waals surface area contributed by atoms with E-state index >= 15 is 0 Å². The Balaban J connectivity index is 1.98. The SMILES string of the molecule is C#CN=C/C=C\CCc1ccccc1C1CN(C)CCN1. The molecule has 1 fully saturated rings. The number of benzene rings is 1. The topological polar surface area (TPSA) is 27.6 Å². The number of hydrogen-bond acceptors (Lipinski definition) is 3. The lowest BCUT2D eigenvalue weighted by atomic mass is 9.95. The number of rotatable bonds is 5. The Morgan fingerprint density at radius 1 is 1.48 bits per heavy atom. The molecule has 1 unspecified atom stereocenters. The van der Waals surface area contributed by atoms with Crippen LogP contribution in [-0.2, 0) is 6.42 Å². The molecule has 1 saturated heterocycles. The number of nitrogens with zero attached hydrogens (tertiary/aromatic N) is 2. The van der Waals surface area contributed by atoms with Gasteiger partial charge in [-0.2, -0.15) is 0 Å². The molecule has 2 rings (SSSR count). The van der Waals surface area contributed by atoms with Crippen LogP contribution in [0.4, 0.5) is 0 Å². The molecule has 0 bridgehead atoms. The number of likely N-dealkylation sites (N-methyl/N-ethyl adjacent to an activating group) is 1. The van der Waals surface area contributed by atoms with Crippen LogP contribution in [0.1, 0.15) is 23.6 Å². The zero-order valence-electron chi connectivity index (χ0n) is 12.6. The fourth-order valence-electron chi connectivity index (χ4n) is 2.69. The van der Waals surface area contributed by atoms with Crippen LogP contribution in [-0.4, -0.2) is 37.8 Å². The summed E-state index contributed by atoms with van der Waals surface area (Å²) in [6.45, 7) is 3.25. The lowest BCUT2D eigenvalue weighted by Gasteiger charge is -2.32. The average Bonchev–Trinajstić information content (AvgIpc) is 2.51. The van der Waals surface area contributed by atoms with E-state index < -0.39 is 0 Å². The fourth-order valence-corrected chi connectivity index (χ4v) is 2.69. The van der Waals surface area contributed by atoms with Gasteiger partial charge in [0.2, 0.25) is 0 Å². The molecule has 0 amide bonds. The predicted molar refractivity (Wildman–Crippen MR) is 89.5 cm³/mol. The molecule has 0 radical (unpaired) electrons. The number of allylic oxidation sites excluding steroid dienone is 2. The maximum Gasteiger partial charge on any atom is 0.0452 e. The Morgan fingerprint density at radius 2 is 2.33 bits per heavy atom. The predicted octanol–water partition coefficient (Wildman–Crippen LogP) is 2.41. The van der Waals surface area contributed by atoms with Gasteiger partial charge in [-0.3, -0.25) is 0 Å². The highest BCUT2D eigenvalue weighted by atomic mass is 15.2. The van der Waals surface area contributed by atoms with Crippen molar-refractivity contribution in [2.45, 2.75) is 18.9 Å². The standard InChI is InChI=1S/C18H23N3/c1-3-19-12-8-4-5-9-16-10-6-7-11-17(16)18-15-21(2)14-13-20-18/h1,4,6-8,10-12,18,20H,5,9,13-15H2,2H3/b8-4-,19-12?. The summed E-state index contributed by atoms with van der Waals surface area (Å²) in [5, 5.41) is 3.62. The molecular weight excluding hydrogens is 258 g/mol. The molecule has 0 saturated carbocycles. The van der Waals surface area contributed by atoms with Crippen molar-refractivity contribution in [3.05, 3.63) is 47.5 Å². The normalized spacial score (nSPS) is 20.1. The van der Waals surface area contributed by atoms with E-state index in [2.05, 4.69) is 58.6 Å². The minimum atomic E-state index is 0.437. The van der Waals surface area contributed by atoms with Crippen LogP contribution in [0.5, 0.6) is 0 Å². The molecule has 1 aromatic carbocycles. The van der Waals surface area contributed by atoms with Gasteiger partial charge in [0.05, 0.1) is 0 Å². The van der Waals surface area contributed by atoms with Crippen molar-refractivity contribution >= 4 is 6.21 Å². The molecule has 1 heterocycles. The number of terminal acetylenes is 1. The van der Waals surface area contributed by atoms with E-state index in [1.807, 2.05) is 6.08 Å². The van der Waals surface area contributed by atoms with Gasteiger partial charge < -0.3 is 10.2 Å². The molecule has 0 aromatic heterocycles. The Labute approximate surface area is 127 Å². The van der Waals surface area contributed by atoms with Crippen LogP contribution >= 0.6 is 0 Å². The smallest absolute Gasteiger partial charge is 0.0452 e. The highest BCUT2D eigenvalue weighted by Crippen LogP contribution is 2.22. The Bertz CT molecular complexity index is 540. The van der Waals surface area contributed by atoms with Crippen LogP contribution in [0.3, 0.4) is 0 Å². The molecule has 1 N–H and O–H groups in total. The van der Waals surface area contributed by atoms with Crippen molar-refractivity contribution in [2.24, 2.45) is 4.99 Å². The van der Waals surface area contributed by atoms with E-state index in [0.717, 1.165) is 32.5 Å². The van der Waals surface area contributed by atoms with Crippen LogP contribution in [0.15, 0.2) is 41.4 Å². The number of nitrogens with one attached hydrogen (secondary N) is 1. The van der Waals surface area contributed by atoms with Crippen molar-refractivity contribution in [3.8, 4) is 12.5 Å². The van der Waals surface area contributed by atoms with Crippen molar-refractivity contribution in [2.75, 3.05) is 26.7 Å². The summed E-state index contributed by atoms with van der Waals surface area (Å²) in [6.07, 6.45) is 12.8. The fraction of sp³-hybridized carbons (Fsp3) is 0.389. The summed E-state index contributed by atoms with van der Waals surface area (Å²) < 4.78 is 0. The Kier molecular flexibility index (Phi) is 6.21. The third-order valence-corrected chi connectivity index (χ3v) is 3.76. The number of aliphatic imine (C=N–C) groups is 1. The van der Waals surface area contributed by atoms with Crippen molar-refractivity contribution in [1.82, 2.24) is 10.2 Å². The quantitative estimate of drug-likeness (QED) is 0.663. The number of aryl methyl sites for hydroxylation is 1. The molecule has 0 aliphatic carbocycles. The zero-order valence-corrected chi connectivity index (χ0v) is 12.6. The molecule has 21 heavy (non-hydrogen) atoms. The molecule has 3 nitrogen and oxygen atoms in total. The monoisotopic (exact) mass is 281 g/mol. The van der Waals surface area contributed by atoms with Gasteiger partial charge in [0.15, 0.2) is 0 Å². The first-order valence-corrected chi connectivity index (χ1v) is 7.45. The van der Waals surface area contributed by atoms with Gasteiger partial charge in [-0.05, 0) is 37.1 Å². The lowest BCUT2D eigenvalue weighted by Crippen LogP contribution is -2.44. The summed E-state index contributed by atoms with van der Waals surface area (Å²) in [6, 6.07) is 11.4. The van der Waals surface area contributed by atoms with Gasteiger partial charge >= 0.3 is 0 Å². The minimum absolute atomic E-state index is 0.437. The molecular formula is C18H23N3. The molecule has 1 aliphatic heterocycles. The van der Waals surface area contributed by atoms with E-state index in [-0.39, 0.29) is 0 Å². The maximum absolute atomic E-state index is 5.06. The van der Waals surface area contributed by atoms with E-state index in [0.29, 0.717) is 6.04 Å². The first kappa shape index (κ1) is 15.5. The molecule has 1 aliphatic rings. The van der Waals surface area contributed by atoms with Crippen LogP contribution in [0, 0.1) is 12.5 Å². The van der Waals surface area contributed by atoms with E-state index in [1.54, 1.807) is 6.21 Å². The summed E-state index contributed by atoms with van der Waals surface area (Å²) >= 11 is 0. The van der Waals surface area contributed by atoms with Crippen LogP contribution in [0.2, 0.25) is 0 Å². The molecule has 1 aromatic rings. The average molecular weight is 281 g/mol. The van der Waals surface area contributed by atoms with Crippen molar-refractivity contribution < 1.29 is 0 Å². The molecule has 1 atom stereocenters. The van der Waals surface area contributed by atoms with Crippen LogP contribution in [0.25, 0.3) is 0 Å². The van der Waals surface area contributed by atoms with Gasteiger partial charge in [-0.25, -0.2) is 4.99 Å². The zero-order chi connectivity index (χ0) is 14.9. The first-order chi connectivity index (χ1) is 10.3. The summed E-state index contributed by atoms with van der Waals surface area (Å²) in [7, 11) is 2.18. The van der Waals surface area contributed by atoms with Crippen molar-refractivity contribution in [1.29, 1.82) is 0 Å². The van der Waals surface area contributed by atoms with Crippen LogP contribution < -0.4 is 5.32 Å². The molecule has 110 valence electrons. The van der Waals surface area contributed by atoms with Gasteiger partial charge in [0.25, 0.3) is 0 Å². The Morgan fingerprint density at radius 3 is 3.14 bits per heavy atom.